The van der Waals surface area contributed by atoms with Gasteiger partial charge in [-0.25, -0.2) is 4.79 Å². The standard InChI is InChI=1S/C17H22N4O3/c1-23-12-15-19-16(24-20-15)14-10-6-3-7-11-21(14)17(22)18-13-8-4-2-5-9-13/h2,4-5,8-9,14H,3,6-7,10-12H2,1H3,(H,18,22). The van der Waals surface area contributed by atoms with Crippen molar-refractivity contribution in [3.8, 4) is 0 Å². The van der Waals surface area contributed by atoms with E-state index in [0.29, 0.717) is 24.9 Å². The van der Waals surface area contributed by atoms with Crippen LogP contribution in [0.3, 0.4) is 0 Å². The summed E-state index contributed by atoms with van der Waals surface area (Å²) in [5.74, 6) is 0.979. The highest BCUT2D eigenvalue weighted by atomic mass is 16.5. The van der Waals surface area contributed by atoms with Gasteiger partial charge in [0.1, 0.15) is 12.6 Å². The molecule has 2 amide bonds. The van der Waals surface area contributed by atoms with Crippen molar-refractivity contribution in [2.75, 3.05) is 19.0 Å². The number of rotatable bonds is 4. The molecule has 0 aliphatic carbocycles. The third-order valence-electron chi connectivity index (χ3n) is 4.08. The first kappa shape index (κ1) is 16.4. The van der Waals surface area contributed by atoms with Gasteiger partial charge in [0.2, 0.25) is 5.89 Å². The number of aromatic nitrogens is 2. The zero-order valence-electron chi connectivity index (χ0n) is 13.8. The third kappa shape index (κ3) is 3.91. The molecule has 0 radical (unpaired) electrons. The Balaban J connectivity index is 1.77. The Morgan fingerprint density at radius 2 is 2.17 bits per heavy atom. The van der Waals surface area contributed by atoms with E-state index in [0.717, 1.165) is 31.4 Å². The van der Waals surface area contributed by atoms with Crippen molar-refractivity contribution in [2.45, 2.75) is 38.3 Å². The lowest BCUT2D eigenvalue weighted by molar-refractivity contribution is 0.168. The van der Waals surface area contributed by atoms with Gasteiger partial charge in [0.05, 0.1) is 0 Å². The molecular weight excluding hydrogens is 308 g/mol. The Bertz CT molecular complexity index is 659. The number of carbonyl (C=O) groups is 1. The monoisotopic (exact) mass is 330 g/mol. The minimum absolute atomic E-state index is 0.139. The molecule has 7 nitrogen and oxygen atoms in total. The summed E-state index contributed by atoms with van der Waals surface area (Å²) < 4.78 is 10.4. The number of benzene rings is 1. The van der Waals surface area contributed by atoms with Gasteiger partial charge in [0.15, 0.2) is 5.82 Å². The van der Waals surface area contributed by atoms with Gasteiger partial charge in [-0.15, -0.1) is 0 Å². The maximum absolute atomic E-state index is 12.7. The second-order valence-electron chi connectivity index (χ2n) is 5.84. The lowest BCUT2D eigenvalue weighted by atomic mass is 10.1. The van der Waals surface area contributed by atoms with Crippen LogP contribution in [-0.4, -0.2) is 34.7 Å². The van der Waals surface area contributed by atoms with Crippen LogP contribution in [0.25, 0.3) is 0 Å². The number of nitrogens with zero attached hydrogens (tertiary/aromatic N) is 3. The second-order valence-corrected chi connectivity index (χ2v) is 5.84. The predicted molar refractivity (Wildman–Crippen MR) is 88.4 cm³/mol. The molecule has 2 aromatic rings. The molecule has 1 saturated heterocycles. The van der Waals surface area contributed by atoms with Crippen LogP contribution >= 0.6 is 0 Å². The molecule has 2 heterocycles. The molecule has 0 bridgehead atoms. The molecule has 1 aromatic heterocycles. The first-order valence-electron chi connectivity index (χ1n) is 8.22. The van der Waals surface area contributed by atoms with Gasteiger partial charge in [0, 0.05) is 19.3 Å². The minimum atomic E-state index is -0.200. The molecule has 7 heteroatoms. The lowest BCUT2D eigenvalue weighted by Crippen LogP contribution is -2.38. The number of methoxy groups -OCH3 is 1. The van der Waals surface area contributed by atoms with Crippen LogP contribution < -0.4 is 5.32 Å². The molecule has 128 valence electrons. The van der Waals surface area contributed by atoms with E-state index in [4.69, 9.17) is 9.26 Å². The van der Waals surface area contributed by atoms with E-state index >= 15 is 0 Å². The average Bonchev–Trinajstić information content (AvgIpc) is 2.91. The molecule has 1 fully saturated rings. The van der Waals surface area contributed by atoms with Crippen molar-refractivity contribution >= 4 is 11.7 Å². The summed E-state index contributed by atoms with van der Waals surface area (Å²) >= 11 is 0. The molecular formula is C17H22N4O3. The number of carbonyl (C=O) groups excluding carboxylic acids is 1. The highest BCUT2D eigenvalue weighted by Gasteiger charge is 2.31. The lowest BCUT2D eigenvalue weighted by Gasteiger charge is -2.27. The number of urea groups is 1. The van der Waals surface area contributed by atoms with Gasteiger partial charge in [-0.3, -0.25) is 0 Å². The zero-order chi connectivity index (χ0) is 16.8. The number of hydrogen-bond donors (Lipinski definition) is 1. The molecule has 1 atom stereocenters. The molecule has 1 aliphatic rings. The largest absolute Gasteiger partial charge is 0.377 e. The third-order valence-corrected chi connectivity index (χ3v) is 4.08. The van der Waals surface area contributed by atoms with Crippen molar-refractivity contribution < 1.29 is 14.1 Å². The smallest absolute Gasteiger partial charge is 0.322 e. The normalized spacial score (nSPS) is 18.2. The summed E-state index contributed by atoms with van der Waals surface area (Å²) in [5.41, 5.74) is 0.774. The van der Waals surface area contributed by atoms with Crippen LogP contribution in [-0.2, 0) is 11.3 Å². The van der Waals surface area contributed by atoms with E-state index in [1.165, 1.54) is 0 Å². The highest BCUT2D eigenvalue weighted by molar-refractivity contribution is 5.89. The van der Waals surface area contributed by atoms with Gasteiger partial charge >= 0.3 is 6.03 Å². The minimum Gasteiger partial charge on any atom is -0.377 e. The fraction of sp³-hybridized carbons (Fsp3) is 0.471. The fourth-order valence-electron chi connectivity index (χ4n) is 2.92. The molecule has 1 aromatic carbocycles. The van der Waals surface area contributed by atoms with Gasteiger partial charge < -0.3 is 19.5 Å². The van der Waals surface area contributed by atoms with E-state index in [9.17, 15) is 4.79 Å². The molecule has 24 heavy (non-hydrogen) atoms. The Morgan fingerprint density at radius 3 is 2.96 bits per heavy atom. The maximum atomic E-state index is 12.7. The van der Waals surface area contributed by atoms with Crippen LogP contribution in [0.1, 0.15) is 43.4 Å². The molecule has 0 spiro atoms. The van der Waals surface area contributed by atoms with Crippen molar-refractivity contribution in [3.63, 3.8) is 0 Å². The predicted octanol–water partition coefficient (Wildman–Crippen LogP) is 3.37. The van der Waals surface area contributed by atoms with E-state index in [2.05, 4.69) is 15.5 Å². The van der Waals surface area contributed by atoms with Gasteiger partial charge in [-0.05, 0) is 25.0 Å². The summed E-state index contributed by atoms with van der Waals surface area (Å²) in [4.78, 5) is 18.9. The SMILES string of the molecule is COCc1noc(C2CCCCCN2C(=O)Nc2ccccc2)n1. The van der Waals surface area contributed by atoms with E-state index in [1.807, 2.05) is 30.3 Å². The van der Waals surface area contributed by atoms with Crippen LogP contribution in [0.5, 0.6) is 0 Å². The molecule has 0 saturated carbocycles. The second kappa shape index (κ2) is 7.92. The number of likely N-dealkylation sites (tertiary alicyclic amines) is 1. The Morgan fingerprint density at radius 1 is 1.33 bits per heavy atom. The van der Waals surface area contributed by atoms with Crippen LogP contribution in [0.4, 0.5) is 10.5 Å². The van der Waals surface area contributed by atoms with Crippen molar-refractivity contribution in [2.24, 2.45) is 0 Å². The summed E-state index contributed by atoms with van der Waals surface area (Å²) in [5, 5.41) is 6.86. The summed E-state index contributed by atoms with van der Waals surface area (Å²) in [6.45, 7) is 0.970. The van der Waals surface area contributed by atoms with Crippen molar-refractivity contribution in [3.05, 3.63) is 42.0 Å². The summed E-state index contributed by atoms with van der Waals surface area (Å²) in [6.07, 6.45) is 3.90. The van der Waals surface area contributed by atoms with Crippen molar-refractivity contribution in [1.29, 1.82) is 0 Å². The quantitative estimate of drug-likeness (QED) is 0.929. The van der Waals surface area contributed by atoms with Crippen LogP contribution in [0, 0.1) is 0 Å². The zero-order valence-corrected chi connectivity index (χ0v) is 13.8. The van der Waals surface area contributed by atoms with Gasteiger partial charge in [-0.1, -0.05) is 36.2 Å². The van der Waals surface area contributed by atoms with Crippen LogP contribution in [0.2, 0.25) is 0 Å². The number of amides is 2. The molecule has 1 N–H and O–H groups in total. The number of hydrogen-bond acceptors (Lipinski definition) is 5. The molecule has 1 unspecified atom stereocenters. The summed E-state index contributed by atoms with van der Waals surface area (Å²) in [7, 11) is 1.58. The molecule has 1 aliphatic heterocycles. The summed E-state index contributed by atoms with van der Waals surface area (Å²) in [6, 6.07) is 9.10. The Labute approximate surface area is 141 Å². The van der Waals surface area contributed by atoms with Gasteiger partial charge in [-0.2, -0.15) is 4.98 Å². The fourth-order valence-corrected chi connectivity index (χ4v) is 2.92. The highest BCUT2D eigenvalue weighted by Crippen LogP contribution is 2.29. The van der Waals surface area contributed by atoms with Crippen molar-refractivity contribution in [1.82, 2.24) is 15.0 Å². The van der Waals surface area contributed by atoms with E-state index < -0.39 is 0 Å². The topological polar surface area (TPSA) is 80.5 Å². The average molecular weight is 330 g/mol. The van der Waals surface area contributed by atoms with Gasteiger partial charge in [0.25, 0.3) is 0 Å². The van der Waals surface area contributed by atoms with E-state index in [-0.39, 0.29) is 12.1 Å². The van der Waals surface area contributed by atoms with Crippen LogP contribution in [0.15, 0.2) is 34.9 Å². The molecule has 3 rings (SSSR count). The number of anilines is 1. The Kier molecular flexibility index (Phi) is 5.43. The van der Waals surface area contributed by atoms with E-state index in [1.54, 1.807) is 12.0 Å². The number of para-hydroxylation sites is 1. The Hall–Kier alpha value is -2.41. The number of nitrogens with one attached hydrogen (secondary N) is 1. The first-order chi connectivity index (χ1) is 11.8. The first-order valence-corrected chi connectivity index (χ1v) is 8.22. The maximum Gasteiger partial charge on any atom is 0.322 e. The number of ether oxygens (including phenoxy) is 1.